The number of alkyl halides is 6. The van der Waals surface area contributed by atoms with Crippen molar-refractivity contribution in [3.8, 4) is 0 Å². The summed E-state index contributed by atoms with van der Waals surface area (Å²) in [4.78, 5) is 22.1. The number of benzene rings is 2. The number of rotatable bonds is 14. The highest BCUT2D eigenvalue weighted by atomic mass is 19.4. The van der Waals surface area contributed by atoms with Crippen LogP contribution < -0.4 is 0 Å². The van der Waals surface area contributed by atoms with Crippen molar-refractivity contribution >= 4 is 30.2 Å². The van der Waals surface area contributed by atoms with Crippen molar-refractivity contribution < 1.29 is 49.4 Å². The topological polar surface area (TPSA) is 90.8 Å². The standard InChI is InChI=1S/C32H29F6N3O5/c1-22(42)41(14-16-43-18-27-20-45-29(39-27)12-6-23-2-8-25(9-3-23)31(33,34)35)15-17-44-19-28-21-46-30(40-28)13-7-24-4-10-26(11-5-24)32(36,37)38/h2-13,20-21H,14-19H2,1H3/b12-6+,13-7+. The third-order valence-corrected chi connectivity index (χ3v) is 6.41. The number of oxazole rings is 2. The van der Waals surface area contributed by atoms with Crippen LogP contribution in [0.15, 0.2) is 69.9 Å². The molecule has 4 aromatic rings. The van der Waals surface area contributed by atoms with Gasteiger partial charge in [-0.2, -0.15) is 26.3 Å². The van der Waals surface area contributed by atoms with E-state index in [1.807, 2.05) is 0 Å². The van der Waals surface area contributed by atoms with Crippen molar-refractivity contribution in [2.75, 3.05) is 26.3 Å². The number of hydrogen-bond acceptors (Lipinski definition) is 7. The number of carbonyl (C=O) groups is 1. The minimum Gasteiger partial charge on any atom is -0.445 e. The third-order valence-electron chi connectivity index (χ3n) is 6.41. The molecular formula is C32H29F6N3O5. The van der Waals surface area contributed by atoms with Gasteiger partial charge in [-0.3, -0.25) is 4.79 Å². The molecule has 0 saturated carbocycles. The predicted molar refractivity (Wildman–Crippen MR) is 155 cm³/mol. The largest absolute Gasteiger partial charge is 0.445 e. The maximum absolute atomic E-state index is 12.7. The van der Waals surface area contributed by atoms with Gasteiger partial charge >= 0.3 is 12.4 Å². The Morgan fingerprint density at radius 3 is 1.43 bits per heavy atom. The molecule has 8 nitrogen and oxygen atoms in total. The molecule has 0 radical (unpaired) electrons. The van der Waals surface area contributed by atoms with Gasteiger partial charge in [0.15, 0.2) is 0 Å². The SMILES string of the molecule is CC(=O)N(CCOCc1coc(/C=C/c2ccc(C(F)(F)F)cc2)n1)CCOCc1coc(/C=C/c2ccc(C(F)(F)F)cc2)n1. The molecule has 1 amide bonds. The molecule has 0 N–H and O–H groups in total. The fourth-order valence-corrected chi connectivity index (χ4v) is 3.96. The second kappa shape index (κ2) is 15.5. The molecule has 0 aliphatic rings. The molecule has 2 aromatic carbocycles. The van der Waals surface area contributed by atoms with Gasteiger partial charge in [0, 0.05) is 32.2 Å². The zero-order valence-corrected chi connectivity index (χ0v) is 24.5. The highest BCUT2D eigenvalue weighted by Gasteiger charge is 2.30. The molecule has 2 heterocycles. The van der Waals surface area contributed by atoms with Crippen LogP contribution in [0.3, 0.4) is 0 Å². The average molecular weight is 650 g/mol. The normalized spacial score (nSPS) is 12.4. The van der Waals surface area contributed by atoms with E-state index in [-0.39, 0.29) is 44.1 Å². The van der Waals surface area contributed by atoms with Crippen LogP contribution in [-0.2, 0) is 39.8 Å². The quantitative estimate of drug-likeness (QED) is 0.103. The van der Waals surface area contributed by atoms with Gasteiger partial charge in [0.05, 0.1) is 37.6 Å². The van der Waals surface area contributed by atoms with E-state index in [2.05, 4.69) is 9.97 Å². The lowest BCUT2D eigenvalue weighted by Gasteiger charge is -2.20. The van der Waals surface area contributed by atoms with Gasteiger partial charge in [-0.25, -0.2) is 9.97 Å². The van der Waals surface area contributed by atoms with Gasteiger partial charge in [0.1, 0.15) is 23.9 Å². The van der Waals surface area contributed by atoms with Crippen molar-refractivity contribution in [3.05, 3.63) is 106 Å². The Kier molecular flexibility index (Phi) is 11.6. The second-order valence-corrected chi connectivity index (χ2v) is 9.87. The van der Waals surface area contributed by atoms with Gasteiger partial charge < -0.3 is 23.2 Å². The number of nitrogens with zero attached hydrogens (tertiary/aromatic N) is 3. The van der Waals surface area contributed by atoms with Gasteiger partial charge in [-0.15, -0.1) is 0 Å². The predicted octanol–water partition coefficient (Wildman–Crippen LogP) is 7.62. The van der Waals surface area contributed by atoms with E-state index in [4.69, 9.17) is 18.3 Å². The molecule has 0 unspecified atom stereocenters. The van der Waals surface area contributed by atoms with E-state index >= 15 is 0 Å². The molecule has 0 aliphatic heterocycles. The van der Waals surface area contributed by atoms with Crippen LogP contribution in [0.4, 0.5) is 26.3 Å². The first kappa shape index (κ1) is 34.2. The van der Waals surface area contributed by atoms with Gasteiger partial charge in [0.2, 0.25) is 17.7 Å². The third kappa shape index (κ3) is 10.7. The summed E-state index contributed by atoms with van der Waals surface area (Å²) in [5.41, 5.74) is 0.652. The number of hydrogen-bond donors (Lipinski definition) is 0. The van der Waals surface area contributed by atoms with E-state index in [0.29, 0.717) is 35.6 Å². The molecule has 2 aromatic heterocycles. The number of ether oxygens (including phenoxy) is 2. The maximum Gasteiger partial charge on any atom is 0.416 e. The molecule has 0 atom stereocenters. The van der Waals surface area contributed by atoms with Crippen LogP contribution in [0, 0.1) is 0 Å². The molecule has 46 heavy (non-hydrogen) atoms. The van der Waals surface area contributed by atoms with E-state index in [0.717, 1.165) is 24.3 Å². The molecule has 0 fully saturated rings. The van der Waals surface area contributed by atoms with Gasteiger partial charge in [0.25, 0.3) is 0 Å². The summed E-state index contributed by atoms with van der Waals surface area (Å²) in [5, 5.41) is 0. The zero-order chi connectivity index (χ0) is 33.2. The minimum absolute atomic E-state index is 0.127. The monoisotopic (exact) mass is 649 g/mol. The Bertz CT molecular complexity index is 1490. The Morgan fingerprint density at radius 2 is 1.09 bits per heavy atom. The Labute approximate surface area is 260 Å². The molecule has 14 heteroatoms. The molecule has 0 saturated heterocycles. The van der Waals surface area contributed by atoms with Crippen LogP contribution in [0.5, 0.6) is 0 Å². The summed E-state index contributed by atoms with van der Waals surface area (Å²) < 4.78 is 98.1. The Balaban J connectivity index is 1.13. The first-order chi connectivity index (χ1) is 21.9. The van der Waals surface area contributed by atoms with E-state index in [9.17, 15) is 31.1 Å². The smallest absolute Gasteiger partial charge is 0.416 e. The van der Waals surface area contributed by atoms with Crippen molar-refractivity contribution in [1.29, 1.82) is 0 Å². The van der Waals surface area contributed by atoms with Crippen molar-refractivity contribution in [1.82, 2.24) is 14.9 Å². The van der Waals surface area contributed by atoms with Crippen LogP contribution in [-0.4, -0.2) is 47.1 Å². The molecule has 244 valence electrons. The molecule has 0 bridgehead atoms. The maximum atomic E-state index is 12.7. The van der Waals surface area contributed by atoms with Crippen molar-refractivity contribution in [2.45, 2.75) is 32.5 Å². The van der Waals surface area contributed by atoms with Crippen LogP contribution in [0.25, 0.3) is 24.3 Å². The lowest BCUT2D eigenvalue weighted by atomic mass is 10.1. The summed E-state index contributed by atoms with van der Waals surface area (Å²) in [6.07, 6.45) is 0.235. The highest BCUT2D eigenvalue weighted by molar-refractivity contribution is 5.73. The highest BCUT2D eigenvalue weighted by Crippen LogP contribution is 2.30. The van der Waals surface area contributed by atoms with E-state index in [1.54, 1.807) is 17.1 Å². The van der Waals surface area contributed by atoms with Crippen molar-refractivity contribution in [2.24, 2.45) is 0 Å². The molecular weight excluding hydrogens is 620 g/mol. The van der Waals surface area contributed by atoms with Crippen LogP contribution in [0.1, 0.15) is 52.3 Å². The summed E-state index contributed by atoms with van der Waals surface area (Å²) in [6.45, 7) is 2.74. The summed E-state index contributed by atoms with van der Waals surface area (Å²) in [5.74, 6) is 0.354. The first-order valence-electron chi connectivity index (χ1n) is 13.9. The lowest BCUT2D eigenvalue weighted by Crippen LogP contribution is -2.35. The van der Waals surface area contributed by atoms with Gasteiger partial charge in [-0.1, -0.05) is 24.3 Å². The van der Waals surface area contributed by atoms with E-state index < -0.39 is 23.5 Å². The van der Waals surface area contributed by atoms with Crippen molar-refractivity contribution in [3.63, 3.8) is 0 Å². The summed E-state index contributed by atoms with van der Waals surface area (Å²) in [6, 6.07) is 9.37. The van der Waals surface area contributed by atoms with E-state index in [1.165, 1.54) is 55.9 Å². The first-order valence-corrected chi connectivity index (χ1v) is 13.9. The van der Waals surface area contributed by atoms with Gasteiger partial charge in [-0.05, 0) is 47.5 Å². The second-order valence-electron chi connectivity index (χ2n) is 9.87. The fourth-order valence-electron chi connectivity index (χ4n) is 3.96. The summed E-state index contributed by atoms with van der Waals surface area (Å²) >= 11 is 0. The number of carbonyl (C=O) groups excluding carboxylic acids is 1. The lowest BCUT2D eigenvalue weighted by molar-refractivity contribution is -0.138. The minimum atomic E-state index is -4.40. The number of amides is 1. The number of halogens is 6. The molecule has 4 rings (SSSR count). The fraction of sp³-hybridized carbons (Fsp3) is 0.281. The van der Waals surface area contributed by atoms with Crippen LogP contribution in [0.2, 0.25) is 0 Å². The molecule has 0 aliphatic carbocycles. The Morgan fingerprint density at radius 1 is 0.696 bits per heavy atom. The van der Waals surface area contributed by atoms with Crippen LogP contribution >= 0.6 is 0 Å². The molecule has 0 spiro atoms. The summed E-state index contributed by atoms with van der Waals surface area (Å²) in [7, 11) is 0. The average Bonchev–Trinajstić information content (AvgIpc) is 3.67. The Hall–Kier alpha value is -4.69. The number of aromatic nitrogens is 2. The zero-order valence-electron chi connectivity index (χ0n) is 24.5.